The molecule has 0 saturated heterocycles. The molecule has 0 amide bonds. The molecule has 0 radical (unpaired) electrons. The number of ether oxygens (including phenoxy) is 1. The number of benzene rings is 3. The van der Waals surface area contributed by atoms with Crippen LogP contribution in [0.1, 0.15) is 27.8 Å². The molecule has 0 aliphatic heterocycles. The van der Waals surface area contributed by atoms with E-state index in [-0.39, 0.29) is 0 Å². The smallest absolute Gasteiger partial charge is 0.229 e. The van der Waals surface area contributed by atoms with Crippen molar-refractivity contribution < 1.29 is 13.2 Å². The van der Waals surface area contributed by atoms with Gasteiger partial charge in [-0.25, -0.2) is 8.42 Å². The lowest BCUT2D eigenvalue weighted by Crippen LogP contribution is -2.10. The van der Waals surface area contributed by atoms with E-state index in [1.807, 2.05) is 30.3 Å². The Balaban J connectivity index is 1.94. The van der Waals surface area contributed by atoms with Crippen molar-refractivity contribution in [3.05, 3.63) is 94.5 Å². The molecule has 0 atom stereocenters. The van der Waals surface area contributed by atoms with E-state index in [9.17, 15) is 8.42 Å². The van der Waals surface area contributed by atoms with Gasteiger partial charge < -0.3 is 4.74 Å². The Morgan fingerprint density at radius 2 is 1.59 bits per heavy atom. The zero-order chi connectivity index (χ0) is 20.4. The third-order valence-corrected chi connectivity index (χ3v) is 5.72. The number of hydrogen-bond acceptors (Lipinski definition) is 3. The monoisotopic (exact) mass is 405 g/mol. The Kier molecular flexibility index (Phi) is 5.16. The number of rotatable bonds is 4. The van der Waals surface area contributed by atoms with Crippen LogP contribution in [-0.2, 0) is 22.9 Å². The summed E-state index contributed by atoms with van der Waals surface area (Å²) in [6.45, 7) is 0. The number of fused-ring (bicyclic) bond motifs is 2. The average Bonchev–Trinajstić information content (AvgIpc) is 2.85. The van der Waals surface area contributed by atoms with Gasteiger partial charge in [-0.3, -0.25) is 4.72 Å². The predicted octanol–water partition coefficient (Wildman–Crippen LogP) is 4.75. The molecule has 3 aromatic carbocycles. The van der Waals surface area contributed by atoms with Crippen molar-refractivity contribution in [2.45, 2.75) is 12.8 Å². The summed E-state index contributed by atoms with van der Waals surface area (Å²) in [5.74, 6) is 0.841. The summed E-state index contributed by atoms with van der Waals surface area (Å²) in [5, 5.41) is 0. The molecule has 1 aliphatic rings. The number of sulfonamides is 1. The predicted molar refractivity (Wildman–Crippen MR) is 119 cm³/mol. The van der Waals surface area contributed by atoms with Crippen molar-refractivity contribution in [3.8, 4) is 5.75 Å². The second-order valence-electron chi connectivity index (χ2n) is 7.20. The first-order valence-corrected chi connectivity index (χ1v) is 11.4. The summed E-state index contributed by atoms with van der Waals surface area (Å²) in [7, 11) is -1.70. The fourth-order valence-corrected chi connectivity index (χ4v) is 4.39. The van der Waals surface area contributed by atoms with E-state index in [1.165, 1.54) is 22.9 Å². The van der Waals surface area contributed by atoms with Gasteiger partial charge in [0.25, 0.3) is 0 Å². The van der Waals surface area contributed by atoms with Crippen molar-refractivity contribution in [2.24, 2.45) is 0 Å². The van der Waals surface area contributed by atoms with Gasteiger partial charge in [-0.05, 0) is 70.5 Å². The molecule has 4 nitrogen and oxygen atoms in total. The number of nitrogens with one attached hydrogen (secondary N) is 1. The normalized spacial score (nSPS) is 14.6. The maximum Gasteiger partial charge on any atom is 0.229 e. The molecule has 1 N–H and O–H groups in total. The van der Waals surface area contributed by atoms with Crippen LogP contribution in [0.2, 0.25) is 0 Å². The van der Waals surface area contributed by atoms with Gasteiger partial charge in [-0.1, -0.05) is 48.5 Å². The molecule has 0 saturated carbocycles. The van der Waals surface area contributed by atoms with Crippen LogP contribution < -0.4 is 9.46 Å². The summed E-state index contributed by atoms with van der Waals surface area (Å²) >= 11 is 0. The first kappa shape index (κ1) is 19.3. The molecule has 4 rings (SSSR count). The summed E-state index contributed by atoms with van der Waals surface area (Å²) in [6.07, 6.45) is 5.10. The molecule has 5 heteroatoms. The van der Waals surface area contributed by atoms with Gasteiger partial charge in [0.1, 0.15) is 5.75 Å². The number of methoxy groups -OCH3 is 1. The molecule has 0 unspecified atom stereocenters. The molecular weight excluding hydrogens is 382 g/mol. The number of para-hydroxylation sites is 1. The first-order chi connectivity index (χ1) is 13.9. The van der Waals surface area contributed by atoms with Gasteiger partial charge in [0.2, 0.25) is 10.0 Å². The van der Waals surface area contributed by atoms with E-state index < -0.39 is 10.0 Å². The van der Waals surface area contributed by atoms with Crippen molar-refractivity contribution in [1.82, 2.24) is 0 Å². The van der Waals surface area contributed by atoms with Crippen LogP contribution >= 0.6 is 0 Å². The minimum atomic E-state index is -3.37. The van der Waals surface area contributed by atoms with E-state index in [1.54, 1.807) is 13.2 Å². The quantitative estimate of drug-likeness (QED) is 0.681. The molecule has 0 spiro atoms. The molecule has 148 valence electrons. The molecule has 3 aromatic rings. The Morgan fingerprint density at radius 3 is 2.38 bits per heavy atom. The fraction of sp³-hybridized carbons (Fsp3) is 0.167. The summed E-state index contributed by atoms with van der Waals surface area (Å²) in [6, 6.07) is 22.0. The zero-order valence-electron chi connectivity index (χ0n) is 16.5. The maximum atomic E-state index is 11.8. The Bertz CT molecular complexity index is 1200. The maximum absolute atomic E-state index is 11.8. The van der Waals surface area contributed by atoms with Gasteiger partial charge in [-0.15, -0.1) is 0 Å². The van der Waals surface area contributed by atoms with E-state index in [0.29, 0.717) is 5.69 Å². The van der Waals surface area contributed by atoms with Crippen LogP contribution in [0, 0.1) is 0 Å². The lowest BCUT2D eigenvalue weighted by atomic mass is 9.92. The van der Waals surface area contributed by atoms with Crippen LogP contribution in [0.3, 0.4) is 0 Å². The minimum absolute atomic E-state index is 0.569. The van der Waals surface area contributed by atoms with Crippen LogP contribution in [0.4, 0.5) is 5.69 Å². The van der Waals surface area contributed by atoms with E-state index >= 15 is 0 Å². The lowest BCUT2D eigenvalue weighted by molar-refractivity contribution is 0.414. The Labute approximate surface area is 171 Å². The third kappa shape index (κ3) is 4.20. The lowest BCUT2D eigenvalue weighted by Gasteiger charge is -2.15. The topological polar surface area (TPSA) is 55.4 Å². The van der Waals surface area contributed by atoms with Crippen molar-refractivity contribution >= 4 is 27.4 Å². The molecule has 0 bridgehead atoms. The first-order valence-electron chi connectivity index (χ1n) is 9.49. The fourth-order valence-electron chi connectivity index (χ4n) is 3.81. The second-order valence-corrected chi connectivity index (χ2v) is 8.95. The van der Waals surface area contributed by atoms with Gasteiger partial charge in [0, 0.05) is 0 Å². The van der Waals surface area contributed by atoms with Crippen molar-refractivity contribution in [3.63, 3.8) is 0 Å². The van der Waals surface area contributed by atoms with Gasteiger partial charge in [0.15, 0.2) is 0 Å². The van der Waals surface area contributed by atoms with E-state index in [0.717, 1.165) is 35.3 Å². The SMILES string of the molecule is COc1ccc2c(c1)CCc1ccccc1/C2=C\c1ccccc1NS(C)(=O)=O. The highest BCUT2D eigenvalue weighted by Crippen LogP contribution is 2.37. The Hall–Kier alpha value is -3.05. The number of hydrogen-bond donors (Lipinski definition) is 1. The standard InChI is InChI=1S/C24H23NO3S/c1-28-20-13-14-22-18(15-20)12-11-17-7-3-5-9-21(17)23(22)16-19-8-4-6-10-24(19)25-29(2,26)27/h3-10,13-16,25H,11-12H2,1-2H3/b23-16+. The van der Waals surface area contributed by atoms with Gasteiger partial charge in [-0.2, -0.15) is 0 Å². The average molecular weight is 406 g/mol. The van der Waals surface area contributed by atoms with Crippen LogP contribution in [0.15, 0.2) is 66.7 Å². The Morgan fingerprint density at radius 1 is 0.897 bits per heavy atom. The summed E-state index contributed by atoms with van der Waals surface area (Å²) in [4.78, 5) is 0. The van der Waals surface area contributed by atoms with Gasteiger partial charge in [0.05, 0.1) is 19.1 Å². The largest absolute Gasteiger partial charge is 0.497 e. The minimum Gasteiger partial charge on any atom is -0.497 e. The molecular formula is C24H23NO3S. The van der Waals surface area contributed by atoms with Crippen molar-refractivity contribution in [2.75, 3.05) is 18.1 Å². The highest BCUT2D eigenvalue weighted by Gasteiger charge is 2.19. The van der Waals surface area contributed by atoms with Crippen LogP contribution in [0.25, 0.3) is 11.6 Å². The molecule has 0 fully saturated rings. The second kappa shape index (κ2) is 7.76. The van der Waals surface area contributed by atoms with Crippen molar-refractivity contribution in [1.29, 1.82) is 0 Å². The summed E-state index contributed by atoms with van der Waals surface area (Å²) < 4.78 is 31.7. The highest BCUT2D eigenvalue weighted by molar-refractivity contribution is 7.92. The highest BCUT2D eigenvalue weighted by atomic mass is 32.2. The zero-order valence-corrected chi connectivity index (χ0v) is 17.3. The van der Waals surface area contributed by atoms with Gasteiger partial charge >= 0.3 is 0 Å². The van der Waals surface area contributed by atoms with Crippen LogP contribution in [0.5, 0.6) is 5.75 Å². The summed E-state index contributed by atoms with van der Waals surface area (Å²) in [5.41, 5.74) is 7.29. The van der Waals surface area contributed by atoms with Crippen LogP contribution in [-0.4, -0.2) is 21.8 Å². The van der Waals surface area contributed by atoms with E-state index in [2.05, 4.69) is 41.1 Å². The number of aryl methyl sites for hydroxylation is 2. The number of anilines is 1. The molecule has 0 aromatic heterocycles. The third-order valence-electron chi connectivity index (χ3n) is 5.13. The van der Waals surface area contributed by atoms with E-state index in [4.69, 9.17) is 4.74 Å². The molecule has 29 heavy (non-hydrogen) atoms. The molecule has 0 heterocycles. The molecule has 1 aliphatic carbocycles.